The number of carbonyl (C=O) groups is 1. The molecule has 1 aliphatic rings. The average Bonchev–Trinajstić information content (AvgIpc) is 3.08. The molecule has 0 saturated carbocycles. The maximum Gasteiger partial charge on any atom is 0.261 e. The quantitative estimate of drug-likeness (QED) is 0.778. The number of rotatable bonds is 6. The van der Waals surface area contributed by atoms with E-state index < -0.39 is 6.10 Å². The molecular weight excluding hydrogens is 360 g/mol. The van der Waals surface area contributed by atoms with Crippen molar-refractivity contribution in [3.63, 3.8) is 0 Å². The van der Waals surface area contributed by atoms with Gasteiger partial charge in [0.05, 0.1) is 0 Å². The molecule has 0 saturated heterocycles. The molecule has 1 amide bonds. The average molecular weight is 389 g/mol. The van der Waals surface area contributed by atoms with Crippen LogP contribution in [0.4, 0.5) is 0 Å². The molecule has 1 aliphatic heterocycles. The third-order valence-corrected chi connectivity index (χ3v) is 4.92. The summed E-state index contributed by atoms with van der Waals surface area (Å²) in [5, 5.41) is 6.32. The molecule has 2 aromatic rings. The minimum absolute atomic E-state index is 0. The second-order valence-corrected chi connectivity index (χ2v) is 7.36. The van der Waals surface area contributed by atoms with Crippen LogP contribution in [0.15, 0.2) is 36.4 Å². The number of benzene rings is 2. The molecular formula is C22H29ClN2O2. The number of amides is 1. The molecule has 1 unspecified atom stereocenters. The lowest BCUT2D eigenvalue weighted by Gasteiger charge is -2.18. The second kappa shape index (κ2) is 9.25. The monoisotopic (exact) mass is 388 g/mol. The Morgan fingerprint density at radius 3 is 2.59 bits per heavy atom. The van der Waals surface area contributed by atoms with E-state index in [2.05, 4.69) is 48.7 Å². The smallest absolute Gasteiger partial charge is 0.261 e. The zero-order chi connectivity index (χ0) is 18.7. The number of hydrogen-bond acceptors (Lipinski definition) is 3. The minimum Gasteiger partial charge on any atom is -0.481 e. The van der Waals surface area contributed by atoms with E-state index in [-0.39, 0.29) is 18.3 Å². The zero-order valence-corrected chi connectivity index (χ0v) is 17.3. The number of fused-ring (bicyclic) bond motifs is 1. The van der Waals surface area contributed by atoms with E-state index in [1.165, 1.54) is 16.7 Å². The van der Waals surface area contributed by atoms with Gasteiger partial charge in [0, 0.05) is 19.6 Å². The molecule has 0 bridgehead atoms. The molecule has 0 fully saturated rings. The van der Waals surface area contributed by atoms with E-state index in [1.54, 1.807) is 6.92 Å². The van der Waals surface area contributed by atoms with Crippen molar-refractivity contribution in [2.75, 3.05) is 0 Å². The van der Waals surface area contributed by atoms with Crippen LogP contribution in [-0.2, 0) is 24.4 Å². The molecule has 1 heterocycles. The van der Waals surface area contributed by atoms with E-state index in [4.69, 9.17) is 4.74 Å². The van der Waals surface area contributed by atoms with Crippen molar-refractivity contribution in [2.24, 2.45) is 0 Å². The van der Waals surface area contributed by atoms with Crippen LogP contribution in [0.1, 0.15) is 54.5 Å². The first kappa shape index (κ1) is 21.3. The van der Waals surface area contributed by atoms with Gasteiger partial charge in [-0.05, 0) is 53.6 Å². The largest absolute Gasteiger partial charge is 0.481 e. The van der Waals surface area contributed by atoms with Gasteiger partial charge < -0.3 is 15.4 Å². The molecule has 0 spiro atoms. The van der Waals surface area contributed by atoms with Gasteiger partial charge in [0.15, 0.2) is 6.10 Å². The van der Waals surface area contributed by atoms with E-state index in [1.807, 2.05) is 19.1 Å². The number of aryl methyl sites for hydroxylation is 1. The Balaban J connectivity index is 0.00000261. The van der Waals surface area contributed by atoms with E-state index in [0.717, 1.165) is 30.0 Å². The Labute approximate surface area is 168 Å². The lowest BCUT2D eigenvalue weighted by molar-refractivity contribution is -0.127. The van der Waals surface area contributed by atoms with E-state index in [0.29, 0.717) is 12.5 Å². The van der Waals surface area contributed by atoms with Crippen LogP contribution in [0.5, 0.6) is 5.75 Å². The maximum absolute atomic E-state index is 12.4. The van der Waals surface area contributed by atoms with Crippen molar-refractivity contribution in [1.82, 2.24) is 10.6 Å². The Kier molecular flexibility index (Phi) is 7.28. The van der Waals surface area contributed by atoms with E-state index in [9.17, 15) is 4.79 Å². The molecule has 0 radical (unpaired) electrons. The molecule has 4 nitrogen and oxygen atoms in total. The lowest BCUT2D eigenvalue weighted by atomic mass is 10.0. The van der Waals surface area contributed by atoms with Gasteiger partial charge in [-0.2, -0.15) is 0 Å². The maximum atomic E-state index is 12.4. The highest BCUT2D eigenvalue weighted by Gasteiger charge is 2.17. The third-order valence-electron chi connectivity index (χ3n) is 4.92. The van der Waals surface area contributed by atoms with Gasteiger partial charge in [0.1, 0.15) is 5.75 Å². The fourth-order valence-electron chi connectivity index (χ4n) is 3.14. The topological polar surface area (TPSA) is 50.4 Å². The van der Waals surface area contributed by atoms with Crippen molar-refractivity contribution in [3.05, 3.63) is 64.2 Å². The molecule has 3 rings (SSSR count). The molecule has 27 heavy (non-hydrogen) atoms. The third kappa shape index (κ3) is 5.24. The van der Waals surface area contributed by atoms with Crippen LogP contribution in [0, 0.1) is 6.92 Å². The predicted molar refractivity (Wildman–Crippen MR) is 111 cm³/mol. The summed E-state index contributed by atoms with van der Waals surface area (Å²) in [6, 6.07) is 12.6. The summed E-state index contributed by atoms with van der Waals surface area (Å²) in [6.07, 6.45) is -0.535. The lowest BCUT2D eigenvalue weighted by Crippen LogP contribution is -2.36. The summed E-state index contributed by atoms with van der Waals surface area (Å²) < 4.78 is 5.94. The van der Waals surface area contributed by atoms with Crippen molar-refractivity contribution < 1.29 is 9.53 Å². The van der Waals surface area contributed by atoms with Crippen molar-refractivity contribution in [3.8, 4) is 5.75 Å². The second-order valence-electron chi connectivity index (χ2n) is 7.36. The molecule has 1 atom stereocenters. The summed E-state index contributed by atoms with van der Waals surface area (Å²) in [7, 11) is 0. The molecule has 5 heteroatoms. The Morgan fingerprint density at radius 1 is 1.11 bits per heavy atom. The van der Waals surface area contributed by atoms with Gasteiger partial charge in [0.25, 0.3) is 5.91 Å². The van der Waals surface area contributed by atoms with Gasteiger partial charge >= 0.3 is 0 Å². The number of halogens is 1. The van der Waals surface area contributed by atoms with Crippen LogP contribution in [0.3, 0.4) is 0 Å². The number of nitrogens with one attached hydrogen (secondary N) is 2. The van der Waals surface area contributed by atoms with Gasteiger partial charge in [-0.3, -0.25) is 4.79 Å². The van der Waals surface area contributed by atoms with Crippen LogP contribution in [0.2, 0.25) is 0 Å². The van der Waals surface area contributed by atoms with Crippen molar-refractivity contribution in [1.29, 1.82) is 0 Å². The van der Waals surface area contributed by atoms with Crippen LogP contribution in [-0.4, -0.2) is 12.0 Å². The molecule has 0 aliphatic carbocycles. The van der Waals surface area contributed by atoms with Gasteiger partial charge in [-0.1, -0.05) is 44.2 Å². The summed E-state index contributed by atoms with van der Waals surface area (Å²) in [5.41, 5.74) is 6.04. The van der Waals surface area contributed by atoms with Crippen LogP contribution in [0.25, 0.3) is 0 Å². The van der Waals surface area contributed by atoms with E-state index >= 15 is 0 Å². The normalized spacial score (nSPS) is 13.7. The highest BCUT2D eigenvalue weighted by molar-refractivity contribution is 5.85. The van der Waals surface area contributed by atoms with Crippen LogP contribution >= 0.6 is 12.4 Å². The number of carbonyl (C=O) groups excluding carboxylic acids is 1. The molecule has 2 N–H and O–H groups in total. The predicted octanol–water partition coefficient (Wildman–Crippen LogP) is 4.23. The number of ether oxygens (including phenoxy) is 1. The van der Waals surface area contributed by atoms with Gasteiger partial charge in [-0.15, -0.1) is 12.4 Å². The summed E-state index contributed by atoms with van der Waals surface area (Å²) in [5.74, 6) is 1.11. The summed E-state index contributed by atoms with van der Waals surface area (Å²) in [4.78, 5) is 12.4. The first-order valence-electron chi connectivity index (χ1n) is 9.30. The fraction of sp³-hybridized carbons (Fsp3) is 0.409. The standard InChI is InChI=1S/C22H28N2O2.ClH/c1-14(2)18-7-5-15(3)21(10-18)26-16(4)22(25)24-11-17-6-8-19-12-23-13-20(19)9-17;/h5-10,14,16,23H,11-13H2,1-4H3,(H,24,25);1H. The minimum atomic E-state index is -0.535. The fourth-order valence-corrected chi connectivity index (χ4v) is 3.14. The summed E-state index contributed by atoms with van der Waals surface area (Å²) in [6.45, 7) is 10.5. The first-order valence-corrected chi connectivity index (χ1v) is 9.30. The molecule has 2 aromatic carbocycles. The van der Waals surface area contributed by atoms with Gasteiger partial charge in [-0.25, -0.2) is 0 Å². The number of hydrogen-bond donors (Lipinski definition) is 2. The summed E-state index contributed by atoms with van der Waals surface area (Å²) >= 11 is 0. The highest BCUT2D eigenvalue weighted by Crippen LogP contribution is 2.25. The van der Waals surface area contributed by atoms with Crippen LogP contribution < -0.4 is 15.4 Å². The molecule has 0 aromatic heterocycles. The Morgan fingerprint density at radius 2 is 1.85 bits per heavy atom. The highest BCUT2D eigenvalue weighted by atomic mass is 35.5. The van der Waals surface area contributed by atoms with Crippen molar-refractivity contribution >= 4 is 18.3 Å². The van der Waals surface area contributed by atoms with Crippen molar-refractivity contribution in [2.45, 2.75) is 59.4 Å². The SMILES string of the molecule is Cc1ccc(C(C)C)cc1OC(C)C(=O)NCc1ccc2c(c1)CNC2.Cl. The molecule has 146 valence electrons. The first-order chi connectivity index (χ1) is 12.4. The van der Waals surface area contributed by atoms with Gasteiger partial charge in [0.2, 0.25) is 0 Å². The Hall–Kier alpha value is -2.04. The zero-order valence-electron chi connectivity index (χ0n) is 16.5. The Bertz CT molecular complexity index is 805.